The molecule has 38 heavy (non-hydrogen) atoms. The molecule has 0 aliphatic carbocycles. The van der Waals surface area contributed by atoms with E-state index < -0.39 is 40.6 Å². The van der Waals surface area contributed by atoms with Crippen LogP contribution in [0.25, 0.3) is 0 Å². The monoisotopic (exact) mass is 540 g/mol. The number of hydrogen-bond acceptors (Lipinski definition) is 8. The van der Waals surface area contributed by atoms with Crippen LogP contribution in [0, 0.1) is 0 Å². The van der Waals surface area contributed by atoms with Crippen molar-refractivity contribution in [1.29, 1.82) is 0 Å². The molecule has 3 aromatic rings. The zero-order chi connectivity index (χ0) is 27.5. The third-order valence-corrected chi connectivity index (χ3v) is 5.78. The highest BCUT2D eigenvalue weighted by Gasteiger charge is 2.20. The molecule has 0 aliphatic heterocycles. The van der Waals surface area contributed by atoms with Gasteiger partial charge in [0, 0.05) is 6.92 Å². The quantitative estimate of drug-likeness (QED) is 0.221. The number of methoxy groups -OCH3 is 1. The first-order valence-electron chi connectivity index (χ1n) is 11.0. The Kier molecular flexibility index (Phi) is 9.37. The second kappa shape index (κ2) is 12.9. The van der Waals surface area contributed by atoms with Gasteiger partial charge in [-0.3, -0.25) is 14.9 Å². The summed E-state index contributed by atoms with van der Waals surface area (Å²) in [6.45, 7) is 0.787. The van der Waals surface area contributed by atoms with Crippen LogP contribution < -0.4 is 24.9 Å². The molecule has 3 aromatic carbocycles. The molecule has 0 saturated heterocycles. The van der Waals surface area contributed by atoms with Crippen molar-refractivity contribution in [1.82, 2.24) is 5.32 Å². The van der Waals surface area contributed by atoms with E-state index in [1.807, 2.05) is 0 Å². The van der Waals surface area contributed by atoms with Crippen LogP contribution in [0.2, 0.25) is 0 Å². The Balaban J connectivity index is 1.91. The highest BCUT2D eigenvalue weighted by Crippen LogP contribution is 2.27. The zero-order valence-corrected chi connectivity index (χ0v) is 21.2. The van der Waals surface area contributed by atoms with E-state index in [1.165, 1.54) is 31.2 Å². The summed E-state index contributed by atoms with van der Waals surface area (Å²) in [7, 11) is -3.20. The van der Waals surface area contributed by atoms with E-state index >= 15 is 0 Å². The fourth-order valence-corrected chi connectivity index (χ4v) is 3.87. The summed E-state index contributed by atoms with van der Waals surface area (Å²) in [5.74, 6) is -1.15. The van der Waals surface area contributed by atoms with Gasteiger partial charge >= 0.3 is 16.2 Å². The lowest BCUT2D eigenvalue weighted by molar-refractivity contribution is -0.119. The molecule has 0 aromatic heterocycles. The van der Waals surface area contributed by atoms with Gasteiger partial charge in [0.15, 0.2) is 6.61 Å². The first-order valence-corrected chi connectivity index (χ1v) is 12.4. The van der Waals surface area contributed by atoms with Crippen LogP contribution >= 0.6 is 0 Å². The van der Waals surface area contributed by atoms with Crippen LogP contribution in [0.15, 0.2) is 88.8 Å². The molecule has 0 fully saturated rings. The predicted octanol–water partition coefficient (Wildman–Crippen LogP) is 3.14. The average molecular weight is 541 g/mol. The summed E-state index contributed by atoms with van der Waals surface area (Å²) in [5, 5.41) is 7.41. The molecule has 0 spiro atoms. The molecule has 3 rings (SSSR count). The number of nitrogens with zero attached hydrogens (tertiary/aromatic N) is 1. The third-order valence-electron chi connectivity index (χ3n) is 4.54. The molecule has 3 amide bonds. The fourth-order valence-electron chi connectivity index (χ4n) is 2.91. The maximum atomic E-state index is 12.9. The number of para-hydroxylation sites is 2. The maximum Gasteiger partial charge on any atom is 0.413 e. The van der Waals surface area contributed by atoms with Gasteiger partial charge in [-0.15, -0.1) is 0 Å². The summed E-state index contributed by atoms with van der Waals surface area (Å²) in [5.41, 5.74) is 0.105. The van der Waals surface area contributed by atoms with Crippen molar-refractivity contribution >= 4 is 45.4 Å². The number of nitrogens with one attached hydrogen (secondary N) is 3. The zero-order valence-electron chi connectivity index (χ0n) is 20.3. The normalized spacial score (nSPS) is 11.2. The standard InChI is InChI=1S/C25H24N4O8S/c1-17(30)26-21-14-13-20(38(33,34)37-19-11-7-4-8-12-19)15-22(21)27-24(29-25(32)35-2)28-23(31)16-36-18-9-5-3-6-10-18/h3-15H,16H2,1-2H3,(H,26,30)(H2,27,28,29,31,32). The summed E-state index contributed by atoms with van der Waals surface area (Å²) in [6, 6.07) is 20.0. The lowest BCUT2D eigenvalue weighted by Crippen LogP contribution is -2.37. The number of anilines is 2. The number of ether oxygens (including phenoxy) is 2. The lowest BCUT2D eigenvalue weighted by atomic mass is 10.2. The van der Waals surface area contributed by atoms with Crippen molar-refractivity contribution in [2.45, 2.75) is 11.8 Å². The van der Waals surface area contributed by atoms with E-state index in [0.717, 1.165) is 13.2 Å². The number of aliphatic imine (C=N–C) groups is 1. The van der Waals surface area contributed by atoms with E-state index in [4.69, 9.17) is 8.92 Å². The average Bonchev–Trinajstić information content (AvgIpc) is 2.89. The first kappa shape index (κ1) is 27.7. The number of amides is 3. The van der Waals surface area contributed by atoms with E-state index in [2.05, 4.69) is 25.7 Å². The van der Waals surface area contributed by atoms with Gasteiger partial charge in [-0.05, 0) is 42.5 Å². The molecule has 0 heterocycles. The molecule has 0 atom stereocenters. The number of rotatable bonds is 8. The van der Waals surface area contributed by atoms with Gasteiger partial charge < -0.3 is 24.3 Å². The largest absolute Gasteiger partial charge is 0.484 e. The minimum absolute atomic E-state index is 0.0233. The maximum absolute atomic E-state index is 12.9. The Bertz CT molecular complexity index is 1430. The van der Waals surface area contributed by atoms with E-state index in [9.17, 15) is 22.8 Å². The van der Waals surface area contributed by atoms with E-state index in [1.54, 1.807) is 48.5 Å². The minimum Gasteiger partial charge on any atom is -0.484 e. The summed E-state index contributed by atoms with van der Waals surface area (Å²) < 4.78 is 40.8. The summed E-state index contributed by atoms with van der Waals surface area (Å²) in [6.07, 6.45) is -0.967. The number of carbonyl (C=O) groups excluding carboxylic acids is 3. The van der Waals surface area contributed by atoms with Crippen LogP contribution in [0.1, 0.15) is 6.92 Å². The second-order valence-corrected chi connectivity index (χ2v) is 8.98. The number of hydrogen-bond donors (Lipinski definition) is 3. The van der Waals surface area contributed by atoms with Gasteiger partial charge in [0.25, 0.3) is 5.91 Å². The van der Waals surface area contributed by atoms with Crippen LogP contribution in [0.4, 0.5) is 16.2 Å². The highest BCUT2D eigenvalue weighted by molar-refractivity contribution is 7.87. The van der Waals surface area contributed by atoms with Gasteiger partial charge in [0.05, 0.1) is 18.5 Å². The molecule has 13 heteroatoms. The molecule has 198 valence electrons. The molecule has 3 N–H and O–H groups in total. The van der Waals surface area contributed by atoms with Crippen molar-refractivity contribution in [3.8, 4) is 11.5 Å². The Morgan fingerprint density at radius 3 is 2.08 bits per heavy atom. The molecule has 12 nitrogen and oxygen atoms in total. The molecule has 0 aliphatic rings. The first-order chi connectivity index (χ1) is 18.2. The van der Waals surface area contributed by atoms with Gasteiger partial charge in [0.1, 0.15) is 16.4 Å². The molecule has 0 saturated carbocycles. The minimum atomic E-state index is -4.30. The van der Waals surface area contributed by atoms with Gasteiger partial charge in [-0.25, -0.2) is 4.79 Å². The molecular formula is C25H24N4O8S. The van der Waals surface area contributed by atoms with Crippen LogP contribution in [0.5, 0.6) is 11.5 Å². The topological polar surface area (TPSA) is 161 Å². The summed E-state index contributed by atoms with van der Waals surface area (Å²) >= 11 is 0. The van der Waals surface area contributed by atoms with Crippen molar-refractivity contribution in [3.63, 3.8) is 0 Å². The SMILES string of the molecule is COC(=O)NC(=NC(=O)COc1ccccc1)Nc1cc(S(=O)(=O)Oc2ccccc2)ccc1NC(C)=O. The Morgan fingerprint density at radius 2 is 1.47 bits per heavy atom. The Hall–Kier alpha value is -4.91. The molecule has 0 radical (unpaired) electrons. The van der Waals surface area contributed by atoms with Crippen molar-refractivity contribution in [3.05, 3.63) is 78.9 Å². The summed E-state index contributed by atoms with van der Waals surface area (Å²) in [4.78, 5) is 39.6. The van der Waals surface area contributed by atoms with E-state index in [0.29, 0.717) is 5.75 Å². The smallest absolute Gasteiger partial charge is 0.413 e. The van der Waals surface area contributed by atoms with Crippen LogP contribution in [-0.4, -0.2) is 46.0 Å². The number of carbonyl (C=O) groups is 3. The van der Waals surface area contributed by atoms with Crippen molar-refractivity contribution in [2.75, 3.05) is 24.4 Å². The Labute approximate surface area is 218 Å². The molecule has 0 bridgehead atoms. The van der Waals surface area contributed by atoms with Crippen molar-refractivity contribution < 1.29 is 36.5 Å². The van der Waals surface area contributed by atoms with Gasteiger partial charge in [0.2, 0.25) is 11.9 Å². The second-order valence-electron chi connectivity index (χ2n) is 7.44. The van der Waals surface area contributed by atoms with Crippen LogP contribution in [-0.2, 0) is 24.4 Å². The predicted molar refractivity (Wildman–Crippen MR) is 139 cm³/mol. The molecule has 0 unspecified atom stereocenters. The van der Waals surface area contributed by atoms with Gasteiger partial charge in [-0.1, -0.05) is 36.4 Å². The van der Waals surface area contributed by atoms with Gasteiger partial charge in [-0.2, -0.15) is 13.4 Å². The van der Waals surface area contributed by atoms with Crippen molar-refractivity contribution in [2.24, 2.45) is 4.99 Å². The lowest BCUT2D eigenvalue weighted by Gasteiger charge is -2.16. The number of guanidine groups is 1. The van der Waals surface area contributed by atoms with E-state index in [-0.39, 0.29) is 22.0 Å². The fraction of sp³-hybridized carbons (Fsp3) is 0.120. The molecular weight excluding hydrogens is 516 g/mol. The number of alkyl carbamates (subject to hydrolysis) is 1. The third kappa shape index (κ3) is 8.34. The Morgan fingerprint density at radius 1 is 0.842 bits per heavy atom. The number of benzene rings is 3. The highest BCUT2D eigenvalue weighted by atomic mass is 32.2. The van der Waals surface area contributed by atoms with Crippen LogP contribution in [0.3, 0.4) is 0 Å².